The summed E-state index contributed by atoms with van der Waals surface area (Å²) in [6.07, 6.45) is 2.33. The standard InChI is InChI=1S/C13H12FN3O3/c1-2-19-12(18)13(5-6-13)11-16-10(17-20-11)9-4-3-8(14)7-15-9/h3-4,7H,2,5-6H2,1H3. The van der Waals surface area contributed by atoms with Crippen molar-refractivity contribution in [3.63, 3.8) is 0 Å². The van der Waals surface area contributed by atoms with Crippen LogP contribution in [-0.4, -0.2) is 27.7 Å². The van der Waals surface area contributed by atoms with Crippen LogP contribution < -0.4 is 0 Å². The fourth-order valence-corrected chi connectivity index (χ4v) is 1.93. The van der Waals surface area contributed by atoms with Crippen molar-refractivity contribution >= 4 is 5.97 Å². The number of aromatic nitrogens is 3. The molecule has 1 saturated carbocycles. The average molecular weight is 277 g/mol. The third-order valence-electron chi connectivity index (χ3n) is 3.21. The van der Waals surface area contributed by atoms with Crippen LogP contribution in [0.15, 0.2) is 22.9 Å². The molecule has 1 aliphatic rings. The maximum absolute atomic E-state index is 12.8. The lowest BCUT2D eigenvalue weighted by Crippen LogP contribution is -2.23. The lowest BCUT2D eigenvalue weighted by Gasteiger charge is -2.07. The minimum Gasteiger partial charge on any atom is -0.465 e. The summed E-state index contributed by atoms with van der Waals surface area (Å²) in [4.78, 5) is 20.0. The summed E-state index contributed by atoms with van der Waals surface area (Å²) in [5, 5.41) is 3.79. The molecule has 2 aromatic heterocycles. The predicted octanol–water partition coefficient (Wildman–Crippen LogP) is 1.87. The summed E-state index contributed by atoms with van der Waals surface area (Å²) in [5.41, 5.74) is -0.414. The molecule has 3 rings (SSSR count). The van der Waals surface area contributed by atoms with Crippen LogP contribution in [0.4, 0.5) is 4.39 Å². The molecule has 0 aliphatic heterocycles. The molecule has 2 aromatic rings. The van der Waals surface area contributed by atoms with Gasteiger partial charge in [-0.1, -0.05) is 5.16 Å². The molecule has 0 amide bonds. The first-order chi connectivity index (χ1) is 9.65. The van der Waals surface area contributed by atoms with Gasteiger partial charge in [-0.2, -0.15) is 4.98 Å². The summed E-state index contributed by atoms with van der Waals surface area (Å²) in [5.74, 6) is -0.322. The third kappa shape index (κ3) is 2.04. The van der Waals surface area contributed by atoms with E-state index in [1.165, 1.54) is 12.1 Å². The first-order valence-corrected chi connectivity index (χ1v) is 6.29. The van der Waals surface area contributed by atoms with Gasteiger partial charge in [0.1, 0.15) is 16.9 Å². The van der Waals surface area contributed by atoms with Gasteiger partial charge in [0.05, 0.1) is 12.8 Å². The number of esters is 1. The van der Waals surface area contributed by atoms with Gasteiger partial charge in [0, 0.05) is 0 Å². The topological polar surface area (TPSA) is 78.1 Å². The molecule has 0 bridgehead atoms. The van der Waals surface area contributed by atoms with E-state index in [0.717, 1.165) is 6.20 Å². The predicted molar refractivity (Wildman–Crippen MR) is 65.0 cm³/mol. The van der Waals surface area contributed by atoms with E-state index in [1.54, 1.807) is 6.92 Å². The van der Waals surface area contributed by atoms with Crippen LogP contribution in [0.25, 0.3) is 11.5 Å². The fourth-order valence-electron chi connectivity index (χ4n) is 1.93. The number of carbonyl (C=O) groups is 1. The van der Waals surface area contributed by atoms with Crippen molar-refractivity contribution < 1.29 is 18.4 Å². The summed E-state index contributed by atoms with van der Waals surface area (Å²) < 4.78 is 23.0. The van der Waals surface area contributed by atoms with Crippen molar-refractivity contribution in [2.75, 3.05) is 6.61 Å². The molecular formula is C13H12FN3O3. The second-order valence-corrected chi connectivity index (χ2v) is 4.59. The highest BCUT2D eigenvalue weighted by Gasteiger charge is 2.57. The first kappa shape index (κ1) is 12.7. The van der Waals surface area contributed by atoms with E-state index < -0.39 is 11.2 Å². The Kier molecular flexibility index (Phi) is 2.96. The summed E-state index contributed by atoms with van der Waals surface area (Å²) >= 11 is 0. The number of pyridine rings is 1. The smallest absolute Gasteiger partial charge is 0.321 e. The highest BCUT2D eigenvalue weighted by atomic mass is 19.1. The molecule has 7 heteroatoms. The van der Waals surface area contributed by atoms with Gasteiger partial charge in [-0.25, -0.2) is 9.37 Å². The van der Waals surface area contributed by atoms with E-state index in [2.05, 4.69) is 15.1 Å². The molecule has 0 radical (unpaired) electrons. The van der Waals surface area contributed by atoms with Crippen molar-refractivity contribution in [3.8, 4) is 11.5 Å². The average Bonchev–Trinajstić information content (AvgIpc) is 3.12. The zero-order valence-corrected chi connectivity index (χ0v) is 10.8. The third-order valence-corrected chi connectivity index (χ3v) is 3.21. The van der Waals surface area contributed by atoms with Gasteiger partial charge in [0.2, 0.25) is 11.7 Å². The molecule has 0 aromatic carbocycles. The Labute approximate surface area is 114 Å². The summed E-state index contributed by atoms with van der Waals surface area (Å²) in [6, 6.07) is 2.71. The molecule has 1 aliphatic carbocycles. The van der Waals surface area contributed by atoms with Gasteiger partial charge >= 0.3 is 5.97 Å². The van der Waals surface area contributed by atoms with Gasteiger partial charge in [-0.05, 0) is 31.9 Å². The number of hydrogen-bond acceptors (Lipinski definition) is 6. The van der Waals surface area contributed by atoms with E-state index in [4.69, 9.17) is 9.26 Å². The highest BCUT2D eigenvalue weighted by Crippen LogP contribution is 2.48. The number of ether oxygens (including phenoxy) is 1. The number of rotatable bonds is 4. The Morgan fingerprint density at radius 1 is 1.50 bits per heavy atom. The van der Waals surface area contributed by atoms with Crippen LogP contribution in [-0.2, 0) is 14.9 Å². The molecule has 1 fully saturated rings. The molecule has 0 N–H and O–H groups in total. The van der Waals surface area contributed by atoms with Gasteiger partial charge in [-0.15, -0.1) is 0 Å². The maximum atomic E-state index is 12.8. The van der Waals surface area contributed by atoms with Crippen molar-refractivity contribution in [2.24, 2.45) is 0 Å². The quantitative estimate of drug-likeness (QED) is 0.794. The van der Waals surface area contributed by atoms with E-state index in [1.807, 2.05) is 0 Å². The normalized spacial score (nSPS) is 15.9. The number of nitrogens with zero attached hydrogens (tertiary/aromatic N) is 3. The number of hydrogen-bond donors (Lipinski definition) is 0. The van der Waals surface area contributed by atoms with Gasteiger partial charge < -0.3 is 9.26 Å². The van der Waals surface area contributed by atoms with Gasteiger partial charge in [-0.3, -0.25) is 4.79 Å². The largest absolute Gasteiger partial charge is 0.465 e. The van der Waals surface area contributed by atoms with Gasteiger partial charge in [0.15, 0.2) is 0 Å². The fraction of sp³-hybridized carbons (Fsp3) is 0.385. The van der Waals surface area contributed by atoms with Crippen molar-refractivity contribution in [3.05, 3.63) is 30.0 Å². The molecule has 0 unspecified atom stereocenters. The Morgan fingerprint density at radius 3 is 2.90 bits per heavy atom. The molecule has 6 nitrogen and oxygen atoms in total. The molecule has 2 heterocycles. The Balaban J connectivity index is 1.87. The zero-order chi connectivity index (χ0) is 14.2. The Bertz CT molecular complexity index is 635. The zero-order valence-electron chi connectivity index (χ0n) is 10.8. The van der Waals surface area contributed by atoms with E-state index in [9.17, 15) is 9.18 Å². The lowest BCUT2D eigenvalue weighted by atomic mass is 10.1. The Morgan fingerprint density at radius 2 is 2.30 bits per heavy atom. The van der Waals surface area contributed by atoms with Crippen molar-refractivity contribution in [1.82, 2.24) is 15.1 Å². The maximum Gasteiger partial charge on any atom is 0.321 e. The number of halogens is 1. The molecule has 0 spiro atoms. The first-order valence-electron chi connectivity index (χ1n) is 6.29. The molecule has 104 valence electrons. The Hall–Kier alpha value is -2.31. The summed E-state index contributed by atoms with van der Waals surface area (Å²) in [6.45, 7) is 2.05. The monoisotopic (exact) mass is 277 g/mol. The van der Waals surface area contributed by atoms with Crippen LogP contribution in [0.1, 0.15) is 25.7 Å². The molecule has 20 heavy (non-hydrogen) atoms. The van der Waals surface area contributed by atoms with E-state index >= 15 is 0 Å². The highest BCUT2D eigenvalue weighted by molar-refractivity contribution is 5.85. The second kappa shape index (κ2) is 4.66. The van der Waals surface area contributed by atoms with Crippen LogP contribution in [0, 0.1) is 5.82 Å². The van der Waals surface area contributed by atoms with Gasteiger partial charge in [0.25, 0.3) is 0 Å². The van der Waals surface area contributed by atoms with E-state index in [-0.39, 0.29) is 17.7 Å². The van der Waals surface area contributed by atoms with Crippen LogP contribution in [0.5, 0.6) is 0 Å². The van der Waals surface area contributed by atoms with Crippen molar-refractivity contribution in [2.45, 2.75) is 25.2 Å². The van der Waals surface area contributed by atoms with Crippen LogP contribution in [0.2, 0.25) is 0 Å². The molecule has 0 saturated heterocycles. The minimum atomic E-state index is -0.804. The second-order valence-electron chi connectivity index (χ2n) is 4.59. The number of carbonyl (C=O) groups excluding carboxylic acids is 1. The molecular weight excluding hydrogens is 265 g/mol. The van der Waals surface area contributed by atoms with Crippen LogP contribution >= 0.6 is 0 Å². The minimum absolute atomic E-state index is 0.232. The SMILES string of the molecule is CCOC(=O)C1(c2nc(-c3ccc(F)cn3)no2)CC1. The molecule has 0 atom stereocenters. The lowest BCUT2D eigenvalue weighted by molar-refractivity contribution is -0.146. The van der Waals surface area contributed by atoms with Crippen LogP contribution in [0.3, 0.4) is 0 Å². The van der Waals surface area contributed by atoms with E-state index in [0.29, 0.717) is 25.1 Å². The van der Waals surface area contributed by atoms with Crippen molar-refractivity contribution in [1.29, 1.82) is 0 Å². The summed E-state index contributed by atoms with van der Waals surface area (Å²) in [7, 11) is 0.